The minimum Gasteiger partial charge on any atom is -0.383 e. The molecular weight excluding hydrogens is 434 g/mol. The van der Waals surface area contributed by atoms with Gasteiger partial charge >= 0.3 is 0 Å². The number of nitrogens with zero attached hydrogens (tertiary/aromatic N) is 4. The molecule has 0 atom stereocenters. The van der Waals surface area contributed by atoms with E-state index in [0.717, 1.165) is 27.7 Å². The highest BCUT2D eigenvalue weighted by Gasteiger charge is 2.22. The lowest BCUT2D eigenvalue weighted by molar-refractivity contribution is 0.0720. The number of nitrogens with two attached hydrogens (primary N) is 1. The van der Waals surface area contributed by atoms with Crippen molar-refractivity contribution in [3.63, 3.8) is 0 Å². The van der Waals surface area contributed by atoms with Crippen LogP contribution in [0.5, 0.6) is 0 Å². The van der Waals surface area contributed by atoms with E-state index < -0.39 is 0 Å². The number of anilines is 1. The van der Waals surface area contributed by atoms with E-state index in [1.165, 1.54) is 0 Å². The number of carbonyl (C=O) groups is 1. The second-order valence-corrected chi connectivity index (χ2v) is 8.42. The molecule has 0 saturated heterocycles. The molecule has 0 fully saturated rings. The fourth-order valence-corrected chi connectivity index (χ4v) is 3.78. The lowest BCUT2D eigenvalue weighted by atomic mass is 10.0. The van der Waals surface area contributed by atoms with E-state index in [4.69, 9.17) is 10.5 Å². The van der Waals surface area contributed by atoms with Gasteiger partial charge in [0.25, 0.3) is 5.91 Å². The molecule has 1 amide bonds. The van der Waals surface area contributed by atoms with Crippen LogP contribution in [0.3, 0.4) is 0 Å². The van der Waals surface area contributed by atoms with Gasteiger partial charge in [-0.15, -0.1) is 5.10 Å². The third kappa shape index (κ3) is 4.09. The quantitative estimate of drug-likeness (QED) is 0.629. The Kier molecular flexibility index (Phi) is 5.47. The number of benzene rings is 1. The number of rotatable bonds is 5. The number of halogens is 1. The Morgan fingerprint density at radius 3 is 2.72 bits per heavy atom. The van der Waals surface area contributed by atoms with E-state index in [1.54, 1.807) is 6.07 Å². The van der Waals surface area contributed by atoms with Crippen LogP contribution < -0.4 is 5.73 Å². The van der Waals surface area contributed by atoms with Crippen LogP contribution in [0.25, 0.3) is 10.9 Å². The van der Waals surface area contributed by atoms with Crippen LogP contribution >= 0.6 is 15.9 Å². The molecule has 1 aliphatic heterocycles. The summed E-state index contributed by atoms with van der Waals surface area (Å²) in [6, 6.07) is 9.26. The van der Waals surface area contributed by atoms with Crippen molar-refractivity contribution in [2.75, 3.05) is 12.3 Å². The van der Waals surface area contributed by atoms with Crippen LogP contribution in [-0.2, 0) is 24.5 Å². The predicted octanol–water partition coefficient (Wildman–Crippen LogP) is 3.70. The highest BCUT2D eigenvalue weighted by molar-refractivity contribution is 9.10. The monoisotopic (exact) mass is 455 g/mol. The van der Waals surface area contributed by atoms with Gasteiger partial charge in [0, 0.05) is 23.1 Å². The fraction of sp³-hybridized carbons (Fsp3) is 0.333. The van der Waals surface area contributed by atoms with Crippen molar-refractivity contribution < 1.29 is 9.53 Å². The molecule has 29 heavy (non-hydrogen) atoms. The van der Waals surface area contributed by atoms with Crippen LogP contribution in [0.4, 0.5) is 5.82 Å². The molecule has 150 valence electrons. The SMILES string of the molecule is CC(C)CN(Cc1ccc(Br)nn1)C(=O)c1ccc2nc(N)c3c(c2c1)COC3. The van der Waals surface area contributed by atoms with Crippen LogP contribution in [0, 0.1) is 5.92 Å². The minimum atomic E-state index is -0.0465. The molecule has 1 aliphatic rings. The first-order valence-corrected chi connectivity index (χ1v) is 10.3. The first kappa shape index (κ1) is 19.7. The number of carbonyl (C=O) groups excluding carboxylic acids is 1. The number of aromatic nitrogens is 3. The Morgan fingerprint density at radius 1 is 1.21 bits per heavy atom. The molecule has 3 aromatic rings. The summed E-state index contributed by atoms with van der Waals surface area (Å²) in [6.07, 6.45) is 0. The van der Waals surface area contributed by atoms with Gasteiger partial charge in [-0.2, -0.15) is 5.10 Å². The Labute approximate surface area is 177 Å². The summed E-state index contributed by atoms with van der Waals surface area (Å²) in [5, 5.41) is 9.13. The third-order valence-corrected chi connectivity index (χ3v) is 5.31. The first-order valence-electron chi connectivity index (χ1n) is 9.48. The summed E-state index contributed by atoms with van der Waals surface area (Å²) in [5.74, 6) is 0.774. The Morgan fingerprint density at radius 2 is 2.00 bits per heavy atom. The van der Waals surface area contributed by atoms with E-state index in [9.17, 15) is 4.79 Å². The van der Waals surface area contributed by atoms with Gasteiger partial charge in [-0.05, 0) is 57.7 Å². The van der Waals surface area contributed by atoms with E-state index in [-0.39, 0.29) is 5.91 Å². The van der Waals surface area contributed by atoms with Gasteiger partial charge in [0.1, 0.15) is 10.4 Å². The lowest BCUT2D eigenvalue weighted by Gasteiger charge is -2.24. The molecule has 0 unspecified atom stereocenters. The van der Waals surface area contributed by atoms with E-state index in [1.807, 2.05) is 29.2 Å². The first-order chi connectivity index (χ1) is 13.9. The molecular formula is C21H22BrN5O2. The molecule has 2 N–H and O–H groups in total. The maximum atomic E-state index is 13.4. The van der Waals surface area contributed by atoms with Gasteiger partial charge in [-0.3, -0.25) is 4.79 Å². The van der Waals surface area contributed by atoms with Crippen LogP contribution in [0.2, 0.25) is 0 Å². The average Bonchev–Trinajstić information content (AvgIpc) is 3.19. The zero-order valence-corrected chi connectivity index (χ0v) is 17.9. The highest BCUT2D eigenvalue weighted by Crippen LogP contribution is 2.31. The van der Waals surface area contributed by atoms with E-state index in [2.05, 4.69) is 45.0 Å². The molecule has 0 saturated carbocycles. The van der Waals surface area contributed by atoms with Gasteiger partial charge in [0.2, 0.25) is 0 Å². The number of hydrogen-bond donors (Lipinski definition) is 1. The summed E-state index contributed by atoms with van der Waals surface area (Å²) in [5.41, 5.74) is 10.1. The number of ether oxygens (including phenoxy) is 1. The summed E-state index contributed by atoms with van der Waals surface area (Å²) in [4.78, 5) is 19.6. The van der Waals surface area contributed by atoms with Crippen molar-refractivity contribution in [2.45, 2.75) is 33.6 Å². The number of fused-ring (bicyclic) bond motifs is 3. The summed E-state index contributed by atoms with van der Waals surface area (Å²) < 4.78 is 6.23. The molecule has 1 aromatic carbocycles. The van der Waals surface area contributed by atoms with Gasteiger partial charge < -0.3 is 15.4 Å². The molecule has 8 heteroatoms. The lowest BCUT2D eigenvalue weighted by Crippen LogP contribution is -2.34. The molecule has 0 radical (unpaired) electrons. The minimum absolute atomic E-state index is 0.0465. The normalized spacial score (nSPS) is 13.1. The zero-order chi connectivity index (χ0) is 20.5. The second kappa shape index (κ2) is 8.04. The van der Waals surface area contributed by atoms with Gasteiger partial charge in [0.15, 0.2) is 0 Å². The average molecular weight is 456 g/mol. The van der Waals surface area contributed by atoms with Crippen molar-refractivity contribution in [3.05, 3.63) is 57.3 Å². The van der Waals surface area contributed by atoms with Crippen molar-refractivity contribution >= 4 is 38.6 Å². The number of amides is 1. The fourth-order valence-electron chi connectivity index (χ4n) is 3.57. The number of pyridine rings is 1. The molecule has 0 aliphatic carbocycles. The van der Waals surface area contributed by atoms with Crippen molar-refractivity contribution in [3.8, 4) is 0 Å². The Bertz CT molecular complexity index is 1070. The molecule has 4 rings (SSSR count). The van der Waals surface area contributed by atoms with Crippen LogP contribution in [-0.4, -0.2) is 32.5 Å². The standard InChI is InChI=1S/C21H22BrN5O2/c1-12(2)8-27(9-14-4-6-19(22)26-25-14)21(28)13-3-5-18-15(7-13)16-10-29-11-17(16)20(23)24-18/h3-7,12H,8-11H2,1-2H3,(H2,23,24). The molecule has 0 spiro atoms. The van der Waals surface area contributed by atoms with E-state index >= 15 is 0 Å². The zero-order valence-electron chi connectivity index (χ0n) is 16.4. The van der Waals surface area contributed by atoms with Gasteiger partial charge in [0.05, 0.1) is 31.0 Å². The molecule has 3 heterocycles. The topological polar surface area (TPSA) is 94.2 Å². The maximum Gasteiger partial charge on any atom is 0.254 e. The molecule has 2 aromatic heterocycles. The second-order valence-electron chi connectivity index (χ2n) is 7.61. The van der Waals surface area contributed by atoms with Crippen molar-refractivity contribution in [1.29, 1.82) is 0 Å². The van der Waals surface area contributed by atoms with Crippen LogP contribution in [0.15, 0.2) is 34.9 Å². The largest absolute Gasteiger partial charge is 0.383 e. The predicted molar refractivity (Wildman–Crippen MR) is 114 cm³/mol. The highest BCUT2D eigenvalue weighted by atomic mass is 79.9. The number of hydrogen-bond acceptors (Lipinski definition) is 6. The molecule has 7 nitrogen and oxygen atoms in total. The van der Waals surface area contributed by atoms with Gasteiger partial charge in [-0.1, -0.05) is 13.8 Å². The number of nitrogen functional groups attached to an aromatic ring is 1. The Hall–Kier alpha value is -2.58. The van der Waals surface area contributed by atoms with Crippen molar-refractivity contribution in [2.24, 2.45) is 5.92 Å². The summed E-state index contributed by atoms with van der Waals surface area (Å²) >= 11 is 3.29. The summed E-state index contributed by atoms with van der Waals surface area (Å²) in [6.45, 7) is 6.15. The van der Waals surface area contributed by atoms with E-state index in [0.29, 0.717) is 48.2 Å². The summed E-state index contributed by atoms with van der Waals surface area (Å²) in [7, 11) is 0. The van der Waals surface area contributed by atoms with Crippen LogP contribution in [0.1, 0.15) is 41.0 Å². The third-order valence-electron chi connectivity index (χ3n) is 4.89. The Balaban J connectivity index is 1.68. The van der Waals surface area contributed by atoms with Crippen molar-refractivity contribution in [1.82, 2.24) is 20.1 Å². The molecule has 0 bridgehead atoms. The maximum absolute atomic E-state index is 13.4. The smallest absolute Gasteiger partial charge is 0.254 e. The van der Waals surface area contributed by atoms with Gasteiger partial charge in [-0.25, -0.2) is 4.98 Å².